The SMILES string of the molecule is COC(=O)C1OS(=O)OC1C. The minimum absolute atomic E-state index is 0.511. The summed E-state index contributed by atoms with van der Waals surface area (Å²) in [5.74, 6) is -0.566. The van der Waals surface area contributed by atoms with Crippen molar-refractivity contribution in [1.82, 2.24) is 0 Å². The minimum Gasteiger partial charge on any atom is -0.467 e. The van der Waals surface area contributed by atoms with E-state index in [1.54, 1.807) is 6.92 Å². The second-order valence-electron chi connectivity index (χ2n) is 2.05. The van der Waals surface area contributed by atoms with Gasteiger partial charge in [-0.15, -0.1) is 0 Å². The highest BCUT2D eigenvalue weighted by Crippen LogP contribution is 2.17. The number of methoxy groups -OCH3 is 1. The maximum absolute atomic E-state index is 10.8. The summed E-state index contributed by atoms with van der Waals surface area (Å²) in [5.41, 5.74) is 0. The predicted octanol–water partition coefficient (Wildman–Crippen LogP) is -0.458. The Morgan fingerprint density at radius 2 is 2.18 bits per heavy atom. The molecule has 0 bridgehead atoms. The quantitative estimate of drug-likeness (QED) is 0.511. The van der Waals surface area contributed by atoms with Gasteiger partial charge in [-0.1, -0.05) is 0 Å². The number of carbonyl (C=O) groups is 1. The molecule has 0 saturated carbocycles. The average molecular weight is 180 g/mol. The summed E-state index contributed by atoms with van der Waals surface area (Å²) in [6, 6.07) is 0. The Bertz CT molecular complexity index is 191. The summed E-state index contributed by atoms with van der Waals surface area (Å²) in [6.45, 7) is 1.59. The molecule has 0 amide bonds. The first-order valence-corrected chi connectivity index (χ1v) is 3.99. The first kappa shape index (κ1) is 8.63. The van der Waals surface area contributed by atoms with E-state index >= 15 is 0 Å². The van der Waals surface area contributed by atoms with Crippen LogP contribution >= 0.6 is 0 Å². The van der Waals surface area contributed by atoms with Crippen LogP contribution in [0.5, 0.6) is 0 Å². The zero-order valence-electron chi connectivity index (χ0n) is 6.10. The fourth-order valence-electron chi connectivity index (χ4n) is 0.707. The minimum atomic E-state index is -1.81. The fourth-order valence-corrected chi connectivity index (χ4v) is 1.51. The van der Waals surface area contributed by atoms with Crippen LogP contribution in [0, 0.1) is 0 Å². The van der Waals surface area contributed by atoms with Gasteiger partial charge in [0.15, 0.2) is 0 Å². The van der Waals surface area contributed by atoms with Crippen molar-refractivity contribution in [3.05, 3.63) is 0 Å². The van der Waals surface area contributed by atoms with Crippen molar-refractivity contribution in [2.75, 3.05) is 7.11 Å². The van der Waals surface area contributed by atoms with Crippen molar-refractivity contribution in [2.45, 2.75) is 19.1 Å². The van der Waals surface area contributed by atoms with E-state index in [-0.39, 0.29) is 0 Å². The molecule has 0 spiro atoms. The summed E-state index contributed by atoms with van der Waals surface area (Å²) in [4.78, 5) is 10.8. The third-order valence-electron chi connectivity index (χ3n) is 1.27. The van der Waals surface area contributed by atoms with Gasteiger partial charge in [0.25, 0.3) is 0 Å². The Kier molecular flexibility index (Phi) is 2.58. The van der Waals surface area contributed by atoms with E-state index in [0.29, 0.717) is 0 Å². The van der Waals surface area contributed by atoms with Crippen LogP contribution in [0.2, 0.25) is 0 Å². The van der Waals surface area contributed by atoms with Crippen LogP contribution in [0.25, 0.3) is 0 Å². The molecule has 5 nitrogen and oxygen atoms in total. The molecule has 0 aromatic carbocycles. The summed E-state index contributed by atoms with van der Waals surface area (Å²) in [6.07, 6.45) is -1.37. The number of hydrogen-bond acceptors (Lipinski definition) is 5. The fraction of sp³-hybridized carbons (Fsp3) is 0.800. The van der Waals surface area contributed by atoms with Gasteiger partial charge in [0.05, 0.1) is 7.11 Å². The Morgan fingerprint density at radius 3 is 2.55 bits per heavy atom. The van der Waals surface area contributed by atoms with Gasteiger partial charge < -0.3 is 4.74 Å². The third-order valence-corrected chi connectivity index (χ3v) is 2.10. The third kappa shape index (κ3) is 1.76. The highest BCUT2D eigenvalue weighted by Gasteiger charge is 2.38. The molecule has 64 valence electrons. The van der Waals surface area contributed by atoms with Gasteiger partial charge >= 0.3 is 17.3 Å². The highest BCUT2D eigenvalue weighted by molar-refractivity contribution is 7.75. The number of ether oxygens (including phenoxy) is 1. The maximum Gasteiger partial charge on any atom is 0.339 e. The van der Waals surface area contributed by atoms with E-state index in [0.717, 1.165) is 0 Å². The molecule has 0 aliphatic carbocycles. The summed E-state index contributed by atoms with van der Waals surface area (Å²) < 4.78 is 24.2. The van der Waals surface area contributed by atoms with Gasteiger partial charge in [-0.2, -0.15) is 4.21 Å². The molecule has 1 heterocycles. The molecule has 1 rings (SSSR count). The number of esters is 1. The largest absolute Gasteiger partial charge is 0.467 e. The lowest BCUT2D eigenvalue weighted by Gasteiger charge is -2.06. The van der Waals surface area contributed by atoms with Crippen molar-refractivity contribution in [3.63, 3.8) is 0 Å². The van der Waals surface area contributed by atoms with Crippen molar-refractivity contribution in [1.29, 1.82) is 0 Å². The summed E-state index contributed by atoms with van der Waals surface area (Å²) in [5, 5.41) is 0. The highest BCUT2D eigenvalue weighted by atomic mass is 32.2. The van der Waals surface area contributed by atoms with E-state index in [4.69, 9.17) is 0 Å². The van der Waals surface area contributed by atoms with Gasteiger partial charge in [-0.25, -0.2) is 4.79 Å². The Labute approximate surface area is 66.5 Å². The molecule has 1 fully saturated rings. The molecular formula is C5H8O5S. The topological polar surface area (TPSA) is 61.8 Å². The summed E-state index contributed by atoms with van der Waals surface area (Å²) >= 11 is -1.81. The molecule has 11 heavy (non-hydrogen) atoms. The van der Waals surface area contributed by atoms with Crippen molar-refractivity contribution in [2.24, 2.45) is 0 Å². The molecule has 1 aliphatic rings. The van der Waals surface area contributed by atoms with Crippen LogP contribution in [-0.4, -0.2) is 29.5 Å². The predicted molar refractivity (Wildman–Crippen MR) is 35.6 cm³/mol. The Hall–Kier alpha value is -0.460. The van der Waals surface area contributed by atoms with Gasteiger partial charge in [0.1, 0.15) is 6.10 Å². The molecule has 1 saturated heterocycles. The van der Waals surface area contributed by atoms with Gasteiger partial charge in [-0.3, -0.25) is 8.37 Å². The van der Waals surface area contributed by atoms with Gasteiger partial charge in [0, 0.05) is 0 Å². The van der Waals surface area contributed by atoms with Crippen molar-refractivity contribution in [3.8, 4) is 0 Å². The first-order valence-electron chi connectivity index (χ1n) is 2.99. The smallest absolute Gasteiger partial charge is 0.339 e. The van der Waals surface area contributed by atoms with E-state index in [9.17, 15) is 9.00 Å². The molecule has 0 radical (unpaired) electrons. The average Bonchev–Trinajstić information content (AvgIpc) is 2.28. The molecule has 3 unspecified atom stereocenters. The Balaban J connectivity index is 2.59. The second-order valence-corrected chi connectivity index (χ2v) is 2.84. The van der Waals surface area contributed by atoms with Crippen molar-refractivity contribution < 1.29 is 22.1 Å². The van der Waals surface area contributed by atoms with Gasteiger partial charge in [-0.05, 0) is 6.92 Å². The molecule has 3 atom stereocenters. The summed E-state index contributed by atoms with van der Waals surface area (Å²) in [7, 11) is 1.24. The number of rotatable bonds is 1. The monoisotopic (exact) mass is 180 g/mol. The molecule has 0 aromatic heterocycles. The molecule has 6 heteroatoms. The lowest BCUT2D eigenvalue weighted by Crippen LogP contribution is -2.30. The Morgan fingerprint density at radius 1 is 1.55 bits per heavy atom. The van der Waals surface area contributed by atoms with Crippen LogP contribution < -0.4 is 0 Å². The van der Waals surface area contributed by atoms with Crippen LogP contribution in [0.1, 0.15) is 6.92 Å². The second kappa shape index (κ2) is 3.29. The number of carbonyl (C=O) groups excluding carboxylic acids is 1. The maximum atomic E-state index is 10.8. The van der Waals surface area contributed by atoms with E-state index in [1.807, 2.05) is 0 Å². The van der Waals surface area contributed by atoms with Crippen LogP contribution in [0.3, 0.4) is 0 Å². The first-order chi connectivity index (χ1) is 5.15. The van der Waals surface area contributed by atoms with E-state index in [1.165, 1.54) is 7.11 Å². The molecule has 1 aliphatic heterocycles. The van der Waals surface area contributed by atoms with Gasteiger partial charge in [0.2, 0.25) is 6.10 Å². The molecular weight excluding hydrogens is 172 g/mol. The molecule has 0 N–H and O–H groups in total. The van der Waals surface area contributed by atoms with Crippen LogP contribution in [-0.2, 0) is 29.3 Å². The normalized spacial score (nSPS) is 37.1. The zero-order valence-corrected chi connectivity index (χ0v) is 6.92. The lowest BCUT2D eigenvalue weighted by atomic mass is 10.2. The van der Waals surface area contributed by atoms with E-state index in [2.05, 4.69) is 13.1 Å². The number of hydrogen-bond donors (Lipinski definition) is 0. The zero-order chi connectivity index (χ0) is 8.43. The van der Waals surface area contributed by atoms with Crippen LogP contribution in [0.15, 0.2) is 0 Å². The van der Waals surface area contributed by atoms with Crippen LogP contribution in [0.4, 0.5) is 0 Å². The lowest BCUT2D eigenvalue weighted by molar-refractivity contribution is -0.149. The van der Waals surface area contributed by atoms with E-state index < -0.39 is 29.5 Å². The molecule has 0 aromatic rings. The van der Waals surface area contributed by atoms with Crippen molar-refractivity contribution >= 4 is 17.3 Å². The standard InChI is InChI=1S/C5H8O5S/c1-3-4(5(6)8-2)10-11(7)9-3/h3-4H,1-2H3.